The molecule has 1 saturated carbocycles. The minimum absolute atomic E-state index is 0.00218. The summed E-state index contributed by atoms with van der Waals surface area (Å²) in [6.07, 6.45) is 7.74. The van der Waals surface area contributed by atoms with Crippen LogP contribution < -0.4 is 10.5 Å². The first-order chi connectivity index (χ1) is 13.9. The van der Waals surface area contributed by atoms with Crippen molar-refractivity contribution >= 4 is 33.4 Å². The molecule has 0 radical (unpaired) electrons. The Hall–Kier alpha value is -2.17. The van der Waals surface area contributed by atoms with E-state index in [2.05, 4.69) is 22.1 Å². The van der Waals surface area contributed by atoms with Gasteiger partial charge in [0, 0.05) is 18.2 Å². The van der Waals surface area contributed by atoms with E-state index in [0.29, 0.717) is 23.3 Å². The highest BCUT2D eigenvalue weighted by Crippen LogP contribution is 2.33. The number of allylic oxidation sites excluding steroid dienone is 1. The predicted octanol–water partition coefficient (Wildman–Crippen LogP) is 2.89. The van der Waals surface area contributed by atoms with E-state index in [9.17, 15) is 13.2 Å². The number of thioether (sulfide) groups is 1. The van der Waals surface area contributed by atoms with E-state index < -0.39 is 10.0 Å². The number of sulfonamides is 1. The van der Waals surface area contributed by atoms with Crippen molar-refractivity contribution in [2.24, 2.45) is 5.14 Å². The van der Waals surface area contributed by atoms with Crippen molar-refractivity contribution in [3.05, 3.63) is 42.7 Å². The Labute approximate surface area is 175 Å². The maximum Gasteiger partial charge on any atom is 0.238 e. The third-order valence-corrected chi connectivity index (χ3v) is 6.72. The summed E-state index contributed by atoms with van der Waals surface area (Å²) in [7, 11) is -3.75. The van der Waals surface area contributed by atoms with E-state index in [1.165, 1.54) is 55.3 Å². The van der Waals surface area contributed by atoms with E-state index in [0.717, 1.165) is 18.7 Å². The summed E-state index contributed by atoms with van der Waals surface area (Å²) >= 11 is 1.32. The molecule has 1 aromatic carbocycles. The molecule has 1 aromatic heterocycles. The Bertz CT molecular complexity index is 964. The topological polar surface area (TPSA) is 120 Å². The Morgan fingerprint density at radius 2 is 1.93 bits per heavy atom. The molecule has 0 spiro atoms. The van der Waals surface area contributed by atoms with Gasteiger partial charge < -0.3 is 9.88 Å². The quantitative estimate of drug-likeness (QED) is 0.486. The largest absolute Gasteiger partial charge is 0.325 e. The lowest BCUT2D eigenvalue weighted by atomic mass is 9.89. The Morgan fingerprint density at radius 3 is 2.55 bits per heavy atom. The summed E-state index contributed by atoms with van der Waals surface area (Å²) in [6, 6.07) is 5.72. The standard InChI is InChI=1S/C19H25N5O3S2/c1-2-12-24-18(14-6-4-3-5-7-14)22-23-19(24)28-13-17(25)21-15-8-10-16(11-9-15)29(20,26)27/h2,8-11,14H,1,3-7,12-13H2,(H,21,25)(H2,20,26,27). The number of rotatable bonds is 8. The van der Waals surface area contributed by atoms with Gasteiger partial charge in [0.2, 0.25) is 15.9 Å². The highest BCUT2D eigenvalue weighted by Gasteiger charge is 2.23. The van der Waals surface area contributed by atoms with Crippen LogP contribution in [-0.2, 0) is 21.4 Å². The summed E-state index contributed by atoms with van der Waals surface area (Å²) in [6.45, 7) is 4.43. The normalized spacial score (nSPS) is 15.2. The second kappa shape index (κ2) is 9.55. The third kappa shape index (κ3) is 5.68. The Balaban J connectivity index is 1.62. The molecule has 10 heteroatoms. The van der Waals surface area contributed by atoms with Gasteiger partial charge in [0.15, 0.2) is 5.16 Å². The second-order valence-corrected chi connectivity index (χ2v) is 9.49. The summed E-state index contributed by atoms with van der Waals surface area (Å²) in [5, 5.41) is 17.2. The molecule has 0 saturated heterocycles. The van der Waals surface area contributed by atoms with Gasteiger partial charge in [-0.05, 0) is 37.1 Å². The van der Waals surface area contributed by atoms with Crippen LogP contribution in [0.4, 0.5) is 5.69 Å². The van der Waals surface area contributed by atoms with Gasteiger partial charge in [-0.1, -0.05) is 37.1 Å². The van der Waals surface area contributed by atoms with E-state index in [-0.39, 0.29) is 16.6 Å². The van der Waals surface area contributed by atoms with Crippen LogP contribution in [0, 0.1) is 0 Å². The van der Waals surface area contributed by atoms with Gasteiger partial charge in [0.1, 0.15) is 5.82 Å². The molecule has 0 bridgehead atoms. The molecule has 0 aliphatic heterocycles. The molecular weight excluding hydrogens is 410 g/mol. The number of anilines is 1. The number of nitrogens with one attached hydrogen (secondary N) is 1. The molecule has 1 heterocycles. The van der Waals surface area contributed by atoms with Crippen LogP contribution in [-0.4, -0.2) is 34.8 Å². The first-order valence-corrected chi connectivity index (χ1v) is 12.0. The predicted molar refractivity (Wildman–Crippen MR) is 113 cm³/mol. The molecule has 29 heavy (non-hydrogen) atoms. The van der Waals surface area contributed by atoms with Gasteiger partial charge in [-0.3, -0.25) is 4.79 Å². The SMILES string of the molecule is C=CCn1c(SCC(=O)Nc2ccc(S(N)(=O)=O)cc2)nnc1C1CCCCC1. The average molecular weight is 436 g/mol. The van der Waals surface area contributed by atoms with Crippen molar-refractivity contribution in [1.82, 2.24) is 14.8 Å². The molecule has 3 rings (SSSR count). The van der Waals surface area contributed by atoms with Crippen LogP contribution >= 0.6 is 11.8 Å². The van der Waals surface area contributed by atoms with Crippen LogP contribution in [0.1, 0.15) is 43.8 Å². The fourth-order valence-electron chi connectivity index (χ4n) is 3.43. The molecule has 2 aromatic rings. The van der Waals surface area contributed by atoms with Crippen molar-refractivity contribution in [2.45, 2.75) is 54.6 Å². The van der Waals surface area contributed by atoms with Gasteiger partial charge >= 0.3 is 0 Å². The van der Waals surface area contributed by atoms with Crippen LogP contribution in [0.25, 0.3) is 0 Å². The second-order valence-electron chi connectivity index (χ2n) is 6.98. The van der Waals surface area contributed by atoms with Gasteiger partial charge in [-0.15, -0.1) is 16.8 Å². The molecule has 1 fully saturated rings. The van der Waals surface area contributed by atoms with E-state index in [4.69, 9.17) is 5.14 Å². The lowest BCUT2D eigenvalue weighted by Gasteiger charge is -2.21. The van der Waals surface area contributed by atoms with Crippen LogP contribution in [0.3, 0.4) is 0 Å². The summed E-state index contributed by atoms with van der Waals surface area (Å²) < 4.78 is 24.6. The van der Waals surface area contributed by atoms with E-state index in [1.807, 2.05) is 10.6 Å². The average Bonchev–Trinajstić information content (AvgIpc) is 3.10. The maximum atomic E-state index is 12.3. The molecule has 1 aliphatic carbocycles. The zero-order valence-electron chi connectivity index (χ0n) is 16.1. The molecular formula is C19H25N5O3S2. The number of nitrogens with zero attached hydrogens (tertiary/aromatic N) is 3. The first-order valence-electron chi connectivity index (χ1n) is 9.48. The number of hydrogen-bond donors (Lipinski definition) is 2. The number of amides is 1. The van der Waals surface area contributed by atoms with E-state index >= 15 is 0 Å². The Morgan fingerprint density at radius 1 is 1.24 bits per heavy atom. The number of nitrogens with two attached hydrogens (primary N) is 1. The molecule has 3 N–H and O–H groups in total. The number of carbonyl (C=O) groups excluding carboxylic acids is 1. The van der Waals surface area contributed by atoms with Crippen LogP contribution in [0.15, 0.2) is 47.0 Å². The molecule has 0 unspecified atom stereocenters. The number of benzene rings is 1. The highest BCUT2D eigenvalue weighted by molar-refractivity contribution is 7.99. The van der Waals surface area contributed by atoms with E-state index in [1.54, 1.807) is 0 Å². The molecule has 1 amide bonds. The van der Waals surface area contributed by atoms with Gasteiger partial charge in [0.05, 0.1) is 10.6 Å². The fourth-order valence-corrected chi connectivity index (χ4v) is 4.70. The molecule has 156 valence electrons. The zero-order valence-corrected chi connectivity index (χ0v) is 17.7. The van der Waals surface area contributed by atoms with Crippen molar-refractivity contribution in [2.75, 3.05) is 11.1 Å². The third-order valence-electron chi connectivity index (χ3n) is 4.83. The monoisotopic (exact) mass is 435 g/mol. The number of aromatic nitrogens is 3. The first kappa shape index (κ1) is 21.5. The lowest BCUT2D eigenvalue weighted by Crippen LogP contribution is -2.16. The molecule has 0 atom stereocenters. The fraction of sp³-hybridized carbons (Fsp3) is 0.421. The van der Waals surface area contributed by atoms with Crippen molar-refractivity contribution in [3.8, 4) is 0 Å². The Kier molecular flexibility index (Phi) is 7.09. The zero-order chi connectivity index (χ0) is 20.9. The summed E-state index contributed by atoms with van der Waals surface area (Å²) in [5.41, 5.74) is 0.499. The smallest absolute Gasteiger partial charge is 0.238 e. The molecule has 8 nitrogen and oxygen atoms in total. The minimum atomic E-state index is -3.75. The van der Waals surface area contributed by atoms with Crippen LogP contribution in [0.5, 0.6) is 0 Å². The minimum Gasteiger partial charge on any atom is -0.325 e. The lowest BCUT2D eigenvalue weighted by molar-refractivity contribution is -0.113. The highest BCUT2D eigenvalue weighted by atomic mass is 32.2. The summed E-state index contributed by atoms with van der Waals surface area (Å²) in [5.74, 6) is 1.34. The van der Waals surface area contributed by atoms with Crippen molar-refractivity contribution in [1.29, 1.82) is 0 Å². The molecule has 1 aliphatic rings. The van der Waals surface area contributed by atoms with Crippen molar-refractivity contribution < 1.29 is 13.2 Å². The van der Waals surface area contributed by atoms with Gasteiger partial charge in [0.25, 0.3) is 0 Å². The maximum absolute atomic E-state index is 12.3. The van der Waals surface area contributed by atoms with Crippen molar-refractivity contribution in [3.63, 3.8) is 0 Å². The van der Waals surface area contributed by atoms with Crippen LogP contribution in [0.2, 0.25) is 0 Å². The van der Waals surface area contributed by atoms with Gasteiger partial charge in [-0.2, -0.15) is 0 Å². The number of hydrogen-bond acceptors (Lipinski definition) is 6. The van der Waals surface area contributed by atoms with Gasteiger partial charge in [-0.25, -0.2) is 13.6 Å². The number of carbonyl (C=O) groups is 1. The number of primary sulfonamides is 1. The summed E-state index contributed by atoms with van der Waals surface area (Å²) in [4.78, 5) is 12.3.